The summed E-state index contributed by atoms with van der Waals surface area (Å²) in [6, 6.07) is 6.66. The molecule has 0 aliphatic carbocycles. The predicted octanol–water partition coefficient (Wildman–Crippen LogP) is 3.59. The molecule has 0 bridgehead atoms. The van der Waals surface area contributed by atoms with E-state index in [0.717, 1.165) is 43.5 Å². The Balaban J connectivity index is 1.69. The number of ether oxygens (including phenoxy) is 1. The monoisotopic (exact) mass is 472 g/mol. The zero-order chi connectivity index (χ0) is 22.6. The molecule has 7 nitrogen and oxygen atoms in total. The van der Waals surface area contributed by atoms with Crippen LogP contribution in [-0.2, 0) is 19.6 Å². The summed E-state index contributed by atoms with van der Waals surface area (Å²) in [5.41, 5.74) is -0.796. The molecule has 0 atom stereocenters. The van der Waals surface area contributed by atoms with Crippen molar-refractivity contribution in [2.75, 3.05) is 25.0 Å². The minimum atomic E-state index is -3.90. The van der Waals surface area contributed by atoms with Gasteiger partial charge in [0.05, 0.1) is 10.6 Å². The van der Waals surface area contributed by atoms with Gasteiger partial charge in [-0.15, -0.1) is 0 Å². The van der Waals surface area contributed by atoms with Crippen molar-refractivity contribution in [2.24, 2.45) is 0 Å². The van der Waals surface area contributed by atoms with Crippen molar-refractivity contribution in [2.45, 2.75) is 24.2 Å². The number of sulfonamides is 1. The normalized spacial score (nSPS) is 14.8. The predicted molar refractivity (Wildman–Crippen MR) is 109 cm³/mol. The number of nitrogens with one attached hydrogen (secondary N) is 1. The first-order chi connectivity index (χ1) is 14.7. The Kier molecular flexibility index (Phi) is 7.24. The number of esters is 1. The number of benzene rings is 2. The summed E-state index contributed by atoms with van der Waals surface area (Å²) in [5.74, 6) is -3.92. The van der Waals surface area contributed by atoms with Gasteiger partial charge in [0.1, 0.15) is 22.2 Å². The number of nitrogens with zero attached hydrogens (tertiary/aromatic N) is 1. The number of hydrogen-bond acceptors (Lipinski definition) is 5. The largest absolute Gasteiger partial charge is 0.452 e. The summed E-state index contributed by atoms with van der Waals surface area (Å²) in [6.45, 7) is -0.107. The summed E-state index contributed by atoms with van der Waals surface area (Å²) in [5, 5.41) is 1.94. The van der Waals surface area contributed by atoms with E-state index in [9.17, 15) is 26.8 Å². The van der Waals surface area contributed by atoms with Gasteiger partial charge in [0, 0.05) is 13.1 Å². The van der Waals surface area contributed by atoms with Crippen LogP contribution >= 0.6 is 11.6 Å². The lowest BCUT2D eigenvalue weighted by Crippen LogP contribution is -2.35. The van der Waals surface area contributed by atoms with Crippen LogP contribution in [0.2, 0.25) is 5.02 Å². The van der Waals surface area contributed by atoms with E-state index in [0.29, 0.717) is 13.1 Å². The van der Waals surface area contributed by atoms with Gasteiger partial charge in [0.25, 0.3) is 5.91 Å². The molecule has 0 unspecified atom stereocenters. The highest BCUT2D eigenvalue weighted by atomic mass is 35.5. The lowest BCUT2D eigenvalue weighted by Gasteiger charge is -2.26. The van der Waals surface area contributed by atoms with Gasteiger partial charge in [-0.05, 0) is 43.2 Å². The minimum Gasteiger partial charge on any atom is -0.452 e. The molecule has 0 radical (unpaired) electrons. The Bertz CT molecular complexity index is 1080. The standard InChI is InChI=1S/C20H19ClF2N2O5S/c21-14-8-7-13(11-17(14)31(28,29)25-9-2-1-3-10-25)20(27)30-12-18(26)24-19-15(22)5-4-6-16(19)23/h4-8,11H,1-3,9-10,12H2,(H,24,26). The van der Waals surface area contributed by atoms with Gasteiger partial charge in [0.2, 0.25) is 10.0 Å². The van der Waals surface area contributed by atoms with Crippen LogP contribution in [0.25, 0.3) is 0 Å². The van der Waals surface area contributed by atoms with Crippen molar-refractivity contribution in [3.05, 3.63) is 58.6 Å². The number of carbonyl (C=O) groups is 2. The zero-order valence-corrected chi connectivity index (χ0v) is 17.8. The lowest BCUT2D eigenvalue weighted by atomic mass is 10.2. The lowest BCUT2D eigenvalue weighted by molar-refractivity contribution is -0.119. The van der Waals surface area contributed by atoms with Crippen LogP contribution < -0.4 is 5.32 Å². The van der Waals surface area contributed by atoms with E-state index in [4.69, 9.17) is 16.3 Å². The Morgan fingerprint density at radius 3 is 2.35 bits per heavy atom. The molecule has 1 fully saturated rings. The van der Waals surface area contributed by atoms with Crippen molar-refractivity contribution in [3.63, 3.8) is 0 Å². The van der Waals surface area contributed by atoms with E-state index >= 15 is 0 Å². The first-order valence-corrected chi connectivity index (χ1v) is 11.2. The summed E-state index contributed by atoms with van der Waals surface area (Å²) in [4.78, 5) is 24.0. The first kappa shape index (κ1) is 23.1. The molecule has 1 heterocycles. The second kappa shape index (κ2) is 9.71. The number of anilines is 1. The van der Waals surface area contributed by atoms with Crippen molar-refractivity contribution in [3.8, 4) is 0 Å². The van der Waals surface area contributed by atoms with E-state index in [2.05, 4.69) is 0 Å². The van der Waals surface area contributed by atoms with Crippen LogP contribution in [0.5, 0.6) is 0 Å². The van der Waals surface area contributed by atoms with Gasteiger partial charge < -0.3 is 10.1 Å². The minimum absolute atomic E-state index is 0.0464. The number of rotatable bonds is 6. The molecular formula is C20H19ClF2N2O5S. The topological polar surface area (TPSA) is 92.8 Å². The molecule has 166 valence electrons. The van der Waals surface area contributed by atoms with Gasteiger partial charge in [-0.25, -0.2) is 22.0 Å². The average molecular weight is 473 g/mol. The summed E-state index contributed by atoms with van der Waals surface area (Å²) in [7, 11) is -3.90. The van der Waals surface area contributed by atoms with E-state index in [1.54, 1.807) is 0 Å². The maximum Gasteiger partial charge on any atom is 0.338 e. The number of halogens is 3. The summed E-state index contributed by atoms with van der Waals surface area (Å²) in [6.07, 6.45) is 2.40. The molecule has 0 aromatic heterocycles. The highest BCUT2D eigenvalue weighted by Gasteiger charge is 2.29. The zero-order valence-electron chi connectivity index (χ0n) is 16.2. The third-order valence-corrected chi connectivity index (χ3v) is 7.04. The highest BCUT2D eigenvalue weighted by molar-refractivity contribution is 7.89. The smallest absolute Gasteiger partial charge is 0.338 e. The fourth-order valence-electron chi connectivity index (χ4n) is 3.08. The molecule has 2 aromatic carbocycles. The third-order valence-electron chi connectivity index (χ3n) is 4.66. The van der Waals surface area contributed by atoms with Crippen molar-refractivity contribution in [1.29, 1.82) is 0 Å². The molecule has 0 spiro atoms. The van der Waals surface area contributed by atoms with Crippen LogP contribution in [-0.4, -0.2) is 44.3 Å². The molecule has 1 saturated heterocycles. The second-order valence-electron chi connectivity index (χ2n) is 6.83. The third kappa shape index (κ3) is 5.38. The highest BCUT2D eigenvalue weighted by Crippen LogP contribution is 2.28. The quantitative estimate of drug-likeness (QED) is 0.648. The summed E-state index contributed by atoms with van der Waals surface area (Å²) >= 11 is 6.06. The Morgan fingerprint density at radius 1 is 1.06 bits per heavy atom. The molecule has 31 heavy (non-hydrogen) atoms. The van der Waals surface area contributed by atoms with Gasteiger partial charge in [-0.2, -0.15) is 4.31 Å². The number of para-hydroxylation sites is 1. The molecule has 0 saturated carbocycles. The van der Waals surface area contributed by atoms with Crippen molar-refractivity contribution < 1.29 is 31.5 Å². The van der Waals surface area contributed by atoms with E-state index in [-0.39, 0.29) is 15.5 Å². The van der Waals surface area contributed by atoms with E-state index in [1.807, 2.05) is 5.32 Å². The van der Waals surface area contributed by atoms with Crippen LogP contribution in [0.4, 0.5) is 14.5 Å². The van der Waals surface area contributed by atoms with Crippen LogP contribution in [0, 0.1) is 11.6 Å². The van der Waals surface area contributed by atoms with Crippen LogP contribution in [0.15, 0.2) is 41.3 Å². The van der Waals surface area contributed by atoms with Gasteiger partial charge in [0.15, 0.2) is 6.61 Å². The first-order valence-electron chi connectivity index (χ1n) is 9.41. The van der Waals surface area contributed by atoms with E-state index in [1.165, 1.54) is 16.4 Å². The molecule has 3 rings (SSSR count). The molecular weight excluding hydrogens is 454 g/mol. The number of hydrogen-bond donors (Lipinski definition) is 1. The maximum absolute atomic E-state index is 13.6. The van der Waals surface area contributed by atoms with Crippen LogP contribution in [0.3, 0.4) is 0 Å². The fraction of sp³-hybridized carbons (Fsp3) is 0.300. The van der Waals surface area contributed by atoms with Crippen molar-refractivity contribution >= 4 is 39.2 Å². The van der Waals surface area contributed by atoms with Gasteiger partial charge in [-0.3, -0.25) is 4.79 Å². The summed E-state index contributed by atoms with van der Waals surface area (Å²) < 4.78 is 59.1. The molecule has 2 aromatic rings. The Morgan fingerprint density at radius 2 is 1.71 bits per heavy atom. The molecule has 1 aliphatic rings. The second-order valence-corrected chi connectivity index (χ2v) is 9.14. The number of carbonyl (C=O) groups excluding carboxylic acids is 2. The Labute approximate surface area is 183 Å². The number of piperidine rings is 1. The maximum atomic E-state index is 13.6. The molecule has 1 amide bonds. The molecule has 1 N–H and O–H groups in total. The van der Waals surface area contributed by atoms with Crippen molar-refractivity contribution in [1.82, 2.24) is 4.31 Å². The SMILES string of the molecule is O=C(COC(=O)c1ccc(Cl)c(S(=O)(=O)N2CCCCC2)c1)Nc1c(F)cccc1F. The van der Waals surface area contributed by atoms with E-state index < -0.39 is 45.8 Å². The van der Waals surface area contributed by atoms with Crippen LogP contribution in [0.1, 0.15) is 29.6 Å². The average Bonchev–Trinajstić information content (AvgIpc) is 2.75. The fourth-order valence-corrected chi connectivity index (χ4v) is 5.10. The van der Waals surface area contributed by atoms with Gasteiger partial charge in [-0.1, -0.05) is 24.1 Å². The van der Waals surface area contributed by atoms with Gasteiger partial charge >= 0.3 is 5.97 Å². The Hall–Kier alpha value is -2.56. The number of amides is 1. The molecule has 11 heteroatoms. The molecule has 1 aliphatic heterocycles.